The molecule has 0 unspecified atom stereocenters. The SMILES string of the molecule is CN(c1ccccc1)S(=O)(=O)c1ccc(NC(=S)NC(=O)/C=C/c2ccccc2)cc1. The Bertz CT molecular complexity index is 1180. The molecule has 0 aromatic heterocycles. The number of carbonyl (C=O) groups is 1. The summed E-state index contributed by atoms with van der Waals surface area (Å²) in [6.07, 6.45) is 3.07. The zero-order chi connectivity index (χ0) is 22.3. The van der Waals surface area contributed by atoms with Crippen LogP contribution in [0.3, 0.4) is 0 Å². The number of hydrogen-bond donors (Lipinski definition) is 2. The molecule has 6 nitrogen and oxygen atoms in total. The lowest BCUT2D eigenvalue weighted by Crippen LogP contribution is -2.32. The Hall–Kier alpha value is -3.49. The second-order valence-electron chi connectivity index (χ2n) is 6.52. The van der Waals surface area contributed by atoms with Crippen LogP contribution in [0.15, 0.2) is 95.9 Å². The van der Waals surface area contributed by atoms with Gasteiger partial charge in [0.2, 0.25) is 5.91 Å². The summed E-state index contributed by atoms with van der Waals surface area (Å²) >= 11 is 5.15. The van der Waals surface area contributed by atoms with E-state index in [9.17, 15) is 13.2 Å². The number of nitrogens with zero attached hydrogens (tertiary/aromatic N) is 1. The van der Waals surface area contributed by atoms with Gasteiger partial charge in [0.25, 0.3) is 10.0 Å². The normalized spacial score (nSPS) is 11.1. The van der Waals surface area contributed by atoms with Gasteiger partial charge in [-0.05, 0) is 60.3 Å². The van der Waals surface area contributed by atoms with Gasteiger partial charge in [-0.15, -0.1) is 0 Å². The van der Waals surface area contributed by atoms with Crippen LogP contribution in [0.5, 0.6) is 0 Å². The Balaban J connectivity index is 1.60. The highest BCUT2D eigenvalue weighted by molar-refractivity contribution is 7.92. The Labute approximate surface area is 187 Å². The number of rotatable bonds is 6. The minimum atomic E-state index is -3.70. The minimum Gasteiger partial charge on any atom is -0.332 e. The summed E-state index contributed by atoms with van der Waals surface area (Å²) < 4.78 is 26.9. The van der Waals surface area contributed by atoms with Crippen LogP contribution in [0.25, 0.3) is 6.08 Å². The molecule has 0 saturated heterocycles. The second-order valence-corrected chi connectivity index (χ2v) is 8.90. The first-order chi connectivity index (χ1) is 14.9. The molecule has 0 aliphatic rings. The van der Waals surface area contributed by atoms with E-state index >= 15 is 0 Å². The zero-order valence-corrected chi connectivity index (χ0v) is 18.4. The van der Waals surface area contributed by atoms with Crippen LogP contribution >= 0.6 is 12.2 Å². The molecule has 3 aromatic rings. The molecular weight excluding hydrogens is 430 g/mol. The fourth-order valence-electron chi connectivity index (χ4n) is 2.70. The molecule has 0 aliphatic carbocycles. The van der Waals surface area contributed by atoms with E-state index in [1.165, 1.54) is 29.6 Å². The molecule has 0 saturated carbocycles. The number of anilines is 2. The van der Waals surface area contributed by atoms with Gasteiger partial charge in [0.1, 0.15) is 0 Å². The van der Waals surface area contributed by atoms with Gasteiger partial charge in [-0.25, -0.2) is 8.42 Å². The highest BCUT2D eigenvalue weighted by atomic mass is 32.2. The maximum absolute atomic E-state index is 12.8. The minimum absolute atomic E-state index is 0.111. The third kappa shape index (κ3) is 6.00. The van der Waals surface area contributed by atoms with Crippen molar-refractivity contribution in [3.63, 3.8) is 0 Å². The molecule has 158 valence electrons. The summed E-state index contributed by atoms with van der Waals surface area (Å²) in [6.45, 7) is 0. The topological polar surface area (TPSA) is 78.5 Å². The van der Waals surface area contributed by atoms with Crippen molar-refractivity contribution in [1.29, 1.82) is 0 Å². The molecule has 0 radical (unpaired) electrons. The Morgan fingerprint density at radius 3 is 2.10 bits per heavy atom. The summed E-state index contributed by atoms with van der Waals surface area (Å²) in [5.74, 6) is -0.370. The van der Waals surface area contributed by atoms with Gasteiger partial charge in [0.05, 0.1) is 10.6 Å². The van der Waals surface area contributed by atoms with Crippen molar-refractivity contribution in [2.45, 2.75) is 4.90 Å². The molecule has 2 N–H and O–H groups in total. The van der Waals surface area contributed by atoms with Crippen molar-refractivity contribution in [2.24, 2.45) is 0 Å². The molecule has 1 amide bonds. The third-order valence-corrected chi connectivity index (χ3v) is 6.36. The molecule has 0 heterocycles. The van der Waals surface area contributed by atoms with Crippen LogP contribution < -0.4 is 14.9 Å². The maximum Gasteiger partial charge on any atom is 0.264 e. The molecule has 8 heteroatoms. The van der Waals surface area contributed by atoms with Gasteiger partial charge in [-0.2, -0.15) is 0 Å². The molecule has 3 aromatic carbocycles. The Morgan fingerprint density at radius 1 is 0.903 bits per heavy atom. The number of para-hydroxylation sites is 1. The number of carbonyl (C=O) groups excluding carboxylic acids is 1. The number of sulfonamides is 1. The maximum atomic E-state index is 12.8. The third-order valence-electron chi connectivity index (χ3n) is 4.35. The average Bonchev–Trinajstić information content (AvgIpc) is 2.78. The fourth-order valence-corrected chi connectivity index (χ4v) is 4.11. The van der Waals surface area contributed by atoms with E-state index in [1.54, 1.807) is 42.5 Å². The van der Waals surface area contributed by atoms with Crippen molar-refractivity contribution < 1.29 is 13.2 Å². The largest absolute Gasteiger partial charge is 0.332 e. The molecule has 0 bridgehead atoms. The lowest BCUT2D eigenvalue weighted by atomic mass is 10.2. The molecule has 0 spiro atoms. The summed E-state index contributed by atoms with van der Waals surface area (Å²) in [7, 11) is -2.19. The fraction of sp³-hybridized carbons (Fsp3) is 0.0435. The predicted molar refractivity (Wildman–Crippen MR) is 128 cm³/mol. The van der Waals surface area contributed by atoms with Gasteiger partial charge in [0, 0.05) is 18.8 Å². The van der Waals surface area contributed by atoms with Gasteiger partial charge in [0.15, 0.2) is 5.11 Å². The summed E-state index contributed by atoms with van der Waals surface area (Å²) in [5, 5.41) is 5.53. The molecule has 0 atom stereocenters. The van der Waals surface area contributed by atoms with Crippen LogP contribution in [0.1, 0.15) is 5.56 Å². The Morgan fingerprint density at radius 2 is 1.48 bits per heavy atom. The number of thiocarbonyl (C=S) groups is 1. The van der Waals surface area contributed by atoms with Crippen molar-refractivity contribution in [2.75, 3.05) is 16.7 Å². The van der Waals surface area contributed by atoms with E-state index in [4.69, 9.17) is 12.2 Å². The van der Waals surface area contributed by atoms with Gasteiger partial charge in [-0.3, -0.25) is 14.4 Å². The zero-order valence-electron chi connectivity index (χ0n) is 16.7. The van der Waals surface area contributed by atoms with E-state index in [1.807, 2.05) is 36.4 Å². The molecule has 31 heavy (non-hydrogen) atoms. The first-order valence-corrected chi connectivity index (χ1v) is 11.2. The smallest absolute Gasteiger partial charge is 0.264 e. The monoisotopic (exact) mass is 451 g/mol. The number of amides is 1. The van der Waals surface area contributed by atoms with Crippen LogP contribution in [0, 0.1) is 0 Å². The van der Waals surface area contributed by atoms with E-state index < -0.39 is 10.0 Å². The number of benzene rings is 3. The lowest BCUT2D eigenvalue weighted by Gasteiger charge is -2.19. The number of nitrogens with one attached hydrogen (secondary N) is 2. The summed E-state index contributed by atoms with van der Waals surface area (Å²) in [5.41, 5.74) is 2.02. The average molecular weight is 452 g/mol. The van der Waals surface area contributed by atoms with Crippen molar-refractivity contribution in [3.05, 3.63) is 96.6 Å². The quantitative estimate of drug-likeness (QED) is 0.437. The van der Waals surface area contributed by atoms with Crippen LogP contribution in [-0.4, -0.2) is 26.5 Å². The standard InChI is InChI=1S/C23H21N3O3S2/c1-26(20-10-6-3-7-11-20)31(28,29)21-15-13-19(14-16-21)24-23(30)25-22(27)17-12-18-8-4-2-5-9-18/h2-17H,1H3,(H2,24,25,27,30)/b17-12+. The van der Waals surface area contributed by atoms with Gasteiger partial charge in [-0.1, -0.05) is 48.5 Å². The van der Waals surface area contributed by atoms with E-state index in [2.05, 4.69) is 10.6 Å². The molecular formula is C23H21N3O3S2. The van der Waals surface area contributed by atoms with Crippen LogP contribution in [-0.2, 0) is 14.8 Å². The first kappa shape index (κ1) is 22.2. The second kappa shape index (κ2) is 10.0. The highest BCUT2D eigenvalue weighted by Gasteiger charge is 2.21. The predicted octanol–water partition coefficient (Wildman–Crippen LogP) is 4.04. The van der Waals surface area contributed by atoms with Crippen molar-refractivity contribution in [3.8, 4) is 0 Å². The van der Waals surface area contributed by atoms with Crippen molar-refractivity contribution in [1.82, 2.24) is 5.32 Å². The van der Waals surface area contributed by atoms with Crippen LogP contribution in [0.2, 0.25) is 0 Å². The van der Waals surface area contributed by atoms with Crippen molar-refractivity contribution >= 4 is 50.7 Å². The summed E-state index contributed by atoms with van der Waals surface area (Å²) in [6, 6.07) is 24.4. The summed E-state index contributed by atoms with van der Waals surface area (Å²) in [4.78, 5) is 12.1. The Kier molecular flexibility index (Phi) is 7.17. The van der Waals surface area contributed by atoms with E-state index in [0.717, 1.165) is 5.56 Å². The van der Waals surface area contributed by atoms with Crippen LogP contribution in [0.4, 0.5) is 11.4 Å². The molecule has 0 fully saturated rings. The number of hydrogen-bond acceptors (Lipinski definition) is 4. The molecule has 3 rings (SSSR count). The lowest BCUT2D eigenvalue weighted by molar-refractivity contribution is -0.115. The van der Waals surface area contributed by atoms with E-state index in [-0.39, 0.29) is 15.9 Å². The van der Waals surface area contributed by atoms with Gasteiger partial charge < -0.3 is 5.32 Å². The highest BCUT2D eigenvalue weighted by Crippen LogP contribution is 2.22. The first-order valence-electron chi connectivity index (χ1n) is 9.35. The van der Waals surface area contributed by atoms with E-state index in [0.29, 0.717) is 11.4 Å². The molecule has 0 aliphatic heterocycles. The van der Waals surface area contributed by atoms with Gasteiger partial charge >= 0.3 is 0 Å².